The normalized spacial score (nSPS) is 17.7. The molecule has 274 valence electrons. The molecule has 3 aromatic rings. The van der Waals surface area contributed by atoms with Crippen molar-refractivity contribution in [2.24, 2.45) is 5.92 Å². The summed E-state index contributed by atoms with van der Waals surface area (Å²) in [5.74, 6) is -1.82. The van der Waals surface area contributed by atoms with Crippen LogP contribution in [0.5, 0.6) is 23.0 Å². The first-order valence-corrected chi connectivity index (χ1v) is 17.5. The fourth-order valence-corrected chi connectivity index (χ4v) is 5.56. The van der Waals surface area contributed by atoms with E-state index < -0.39 is 48.1 Å². The topological polar surface area (TPSA) is 135 Å². The second kappa shape index (κ2) is 18.7. The van der Waals surface area contributed by atoms with Gasteiger partial charge in [-0.1, -0.05) is 63.1 Å². The summed E-state index contributed by atoms with van der Waals surface area (Å²) in [6, 6.07) is 15.3. The molecule has 0 spiro atoms. The SMILES string of the molecule is CCCCN1CCOc2ccccc2C(=O)N[C@H](C(=O)N[C@H](C)COc2c(F)cccc2Oc2ccc(C)cc2)CC(=O)N[C@@H](CC(C)C)C1=O. The Morgan fingerprint density at radius 3 is 2.49 bits per heavy atom. The van der Waals surface area contributed by atoms with Gasteiger partial charge in [0.25, 0.3) is 5.91 Å². The monoisotopic (exact) mass is 704 g/mol. The zero-order valence-corrected chi connectivity index (χ0v) is 30.0. The molecule has 3 atom stereocenters. The molecule has 3 N–H and O–H groups in total. The zero-order valence-electron chi connectivity index (χ0n) is 30.0. The summed E-state index contributed by atoms with van der Waals surface area (Å²) in [6.45, 7) is 10.3. The molecular formula is C39H49FN4O7. The number of benzene rings is 3. The Hall–Kier alpha value is -5.13. The average molecular weight is 705 g/mol. The van der Waals surface area contributed by atoms with Gasteiger partial charge in [0.05, 0.1) is 24.6 Å². The minimum atomic E-state index is -1.32. The molecule has 4 amide bonds. The highest BCUT2D eigenvalue weighted by Crippen LogP contribution is 2.34. The molecule has 12 heteroatoms. The van der Waals surface area contributed by atoms with Crippen molar-refractivity contribution in [3.05, 3.63) is 83.7 Å². The Labute approximate surface area is 299 Å². The van der Waals surface area contributed by atoms with E-state index in [2.05, 4.69) is 16.0 Å². The van der Waals surface area contributed by atoms with Crippen LogP contribution in [0.2, 0.25) is 0 Å². The maximum Gasteiger partial charge on any atom is 0.255 e. The fourth-order valence-electron chi connectivity index (χ4n) is 5.56. The Bertz CT molecular complexity index is 1650. The Morgan fingerprint density at radius 2 is 1.76 bits per heavy atom. The molecule has 0 bridgehead atoms. The van der Waals surface area contributed by atoms with Crippen LogP contribution in [0.4, 0.5) is 4.39 Å². The Kier molecular flexibility index (Phi) is 14.2. The number of unbranched alkanes of at least 4 members (excludes halogenated alkanes) is 1. The molecular weight excluding hydrogens is 655 g/mol. The largest absolute Gasteiger partial charge is 0.491 e. The van der Waals surface area contributed by atoms with Gasteiger partial charge in [0, 0.05) is 6.54 Å². The van der Waals surface area contributed by atoms with Crippen molar-refractivity contribution in [2.45, 2.75) is 78.4 Å². The molecule has 51 heavy (non-hydrogen) atoms. The Morgan fingerprint density at radius 1 is 1.02 bits per heavy atom. The van der Waals surface area contributed by atoms with Crippen LogP contribution in [-0.4, -0.2) is 73.0 Å². The van der Waals surface area contributed by atoms with E-state index in [4.69, 9.17) is 14.2 Å². The number of nitrogens with zero attached hydrogens (tertiary/aromatic N) is 1. The summed E-state index contributed by atoms with van der Waals surface area (Å²) >= 11 is 0. The molecule has 1 aliphatic heterocycles. The minimum absolute atomic E-state index is 0.0891. The van der Waals surface area contributed by atoms with Gasteiger partial charge in [-0.15, -0.1) is 0 Å². The first-order chi connectivity index (χ1) is 24.4. The predicted octanol–water partition coefficient (Wildman–Crippen LogP) is 5.55. The molecule has 3 aromatic carbocycles. The maximum atomic E-state index is 14.9. The highest BCUT2D eigenvalue weighted by atomic mass is 19.1. The lowest BCUT2D eigenvalue weighted by Gasteiger charge is -2.30. The molecule has 1 heterocycles. The van der Waals surface area contributed by atoms with Crippen LogP contribution < -0.4 is 30.2 Å². The fraction of sp³-hybridized carbons (Fsp3) is 0.436. The van der Waals surface area contributed by atoms with E-state index in [-0.39, 0.29) is 54.4 Å². The van der Waals surface area contributed by atoms with Crippen LogP contribution in [0.3, 0.4) is 0 Å². The number of aryl methyl sites for hydroxylation is 1. The van der Waals surface area contributed by atoms with Gasteiger partial charge < -0.3 is 35.1 Å². The number of fused-ring (bicyclic) bond motifs is 1. The second-order valence-corrected chi connectivity index (χ2v) is 13.2. The van der Waals surface area contributed by atoms with Crippen LogP contribution in [0.25, 0.3) is 0 Å². The summed E-state index contributed by atoms with van der Waals surface area (Å²) < 4.78 is 32.6. The van der Waals surface area contributed by atoms with E-state index in [1.165, 1.54) is 12.1 Å². The van der Waals surface area contributed by atoms with Gasteiger partial charge in [0.2, 0.25) is 17.7 Å². The summed E-state index contributed by atoms with van der Waals surface area (Å²) in [6.07, 6.45) is 1.60. The number of para-hydroxylation sites is 2. The number of hydrogen-bond acceptors (Lipinski definition) is 7. The number of nitrogens with one attached hydrogen (secondary N) is 3. The number of rotatable bonds is 12. The molecule has 0 aliphatic carbocycles. The number of carbonyl (C=O) groups is 4. The van der Waals surface area contributed by atoms with E-state index in [0.717, 1.165) is 18.4 Å². The van der Waals surface area contributed by atoms with Gasteiger partial charge in [-0.3, -0.25) is 19.2 Å². The van der Waals surface area contributed by atoms with Crippen molar-refractivity contribution in [3.63, 3.8) is 0 Å². The van der Waals surface area contributed by atoms with Crippen molar-refractivity contribution < 1.29 is 37.8 Å². The second-order valence-electron chi connectivity index (χ2n) is 13.2. The third-order valence-corrected chi connectivity index (χ3v) is 8.24. The first-order valence-electron chi connectivity index (χ1n) is 17.5. The van der Waals surface area contributed by atoms with Crippen LogP contribution in [0.15, 0.2) is 66.7 Å². The lowest BCUT2D eigenvalue weighted by atomic mass is 10.0. The van der Waals surface area contributed by atoms with Crippen molar-refractivity contribution >= 4 is 23.6 Å². The van der Waals surface area contributed by atoms with E-state index in [1.807, 2.05) is 39.8 Å². The molecule has 0 saturated heterocycles. The molecule has 0 saturated carbocycles. The highest BCUT2D eigenvalue weighted by molar-refractivity contribution is 6.01. The van der Waals surface area contributed by atoms with Crippen LogP contribution in [0.1, 0.15) is 69.3 Å². The third-order valence-electron chi connectivity index (χ3n) is 8.24. The van der Waals surface area contributed by atoms with Gasteiger partial charge in [0.1, 0.15) is 36.8 Å². The highest BCUT2D eigenvalue weighted by Gasteiger charge is 2.31. The maximum absolute atomic E-state index is 14.9. The van der Waals surface area contributed by atoms with Gasteiger partial charge in [-0.05, 0) is 69.0 Å². The lowest BCUT2D eigenvalue weighted by Crippen LogP contribution is -2.54. The molecule has 0 unspecified atom stereocenters. The van der Waals surface area contributed by atoms with Gasteiger partial charge in [-0.2, -0.15) is 0 Å². The number of halogens is 1. The van der Waals surface area contributed by atoms with Gasteiger partial charge in [-0.25, -0.2) is 4.39 Å². The Balaban J connectivity index is 1.53. The standard InChI is InChI=1S/C39H49FN4O7/c1-6-7-19-44-20-21-49-33-13-9-8-11-29(33)37(46)43-31(23-35(45)42-32(39(44)48)22-25(2)3)38(47)41-27(5)24-50-36-30(40)12-10-14-34(36)51-28-17-15-26(4)16-18-28/h8-18,25,27,31-32H,6-7,19-24H2,1-5H3,(H,41,47)(H,42,45)(H,43,46)/t27-,31+,32+/m1/s1. The zero-order chi connectivity index (χ0) is 36.9. The lowest BCUT2D eigenvalue weighted by molar-refractivity contribution is -0.137. The summed E-state index contributed by atoms with van der Waals surface area (Å²) in [7, 11) is 0. The van der Waals surface area contributed by atoms with Gasteiger partial charge >= 0.3 is 0 Å². The van der Waals surface area contributed by atoms with Crippen LogP contribution >= 0.6 is 0 Å². The number of ether oxygens (including phenoxy) is 3. The smallest absolute Gasteiger partial charge is 0.255 e. The van der Waals surface area contributed by atoms with Crippen LogP contribution in [-0.2, 0) is 14.4 Å². The van der Waals surface area contributed by atoms with Crippen molar-refractivity contribution in [1.29, 1.82) is 0 Å². The number of hydrogen-bond donors (Lipinski definition) is 3. The average Bonchev–Trinajstić information content (AvgIpc) is 3.09. The molecule has 0 aromatic heterocycles. The van der Waals surface area contributed by atoms with Gasteiger partial charge in [0.15, 0.2) is 17.3 Å². The first kappa shape index (κ1) is 38.7. The molecule has 0 fully saturated rings. The van der Waals surface area contributed by atoms with E-state index in [1.54, 1.807) is 54.3 Å². The predicted molar refractivity (Wildman–Crippen MR) is 191 cm³/mol. The van der Waals surface area contributed by atoms with E-state index in [9.17, 15) is 23.6 Å². The molecule has 4 rings (SSSR count). The number of carbonyl (C=O) groups excluding carboxylic acids is 4. The minimum Gasteiger partial charge on any atom is -0.491 e. The number of amides is 4. The third kappa shape index (κ3) is 11.4. The molecule has 0 radical (unpaired) electrons. The quantitative estimate of drug-likeness (QED) is 0.225. The van der Waals surface area contributed by atoms with Crippen molar-refractivity contribution in [3.8, 4) is 23.0 Å². The summed E-state index contributed by atoms with van der Waals surface area (Å²) in [5.41, 5.74) is 1.22. The summed E-state index contributed by atoms with van der Waals surface area (Å²) in [5, 5.41) is 8.28. The molecule has 1 aliphatic rings. The van der Waals surface area contributed by atoms with E-state index in [0.29, 0.717) is 18.7 Å². The van der Waals surface area contributed by atoms with Crippen molar-refractivity contribution in [2.75, 3.05) is 26.3 Å². The van der Waals surface area contributed by atoms with Crippen molar-refractivity contribution in [1.82, 2.24) is 20.9 Å². The van der Waals surface area contributed by atoms with Crippen LogP contribution in [0, 0.1) is 18.7 Å². The molecule has 11 nitrogen and oxygen atoms in total. The van der Waals surface area contributed by atoms with E-state index >= 15 is 0 Å². The summed E-state index contributed by atoms with van der Waals surface area (Å²) in [4.78, 5) is 56.2.